The van der Waals surface area contributed by atoms with Crippen molar-refractivity contribution in [1.29, 1.82) is 0 Å². The minimum Gasteiger partial charge on any atom is -0.423 e. The number of fused-ring (bicyclic) bond motifs is 1. The predicted molar refractivity (Wildman–Crippen MR) is 88.5 cm³/mol. The van der Waals surface area contributed by atoms with Crippen LogP contribution in [0.1, 0.15) is 56.6 Å². The van der Waals surface area contributed by atoms with Gasteiger partial charge in [-0.15, -0.1) is 10.2 Å². The summed E-state index contributed by atoms with van der Waals surface area (Å²) in [5.41, 5.74) is 1.78. The summed E-state index contributed by atoms with van der Waals surface area (Å²) in [5.74, 6) is 1.11. The SMILES string of the molecule is CC(C)c1nnc([C@H](C)NC(=O)CCc2cn3ccccc3n2)o1. The summed E-state index contributed by atoms with van der Waals surface area (Å²) in [4.78, 5) is 16.6. The zero-order valence-electron chi connectivity index (χ0n) is 14.1. The van der Waals surface area contributed by atoms with Gasteiger partial charge in [0.1, 0.15) is 11.7 Å². The normalized spacial score (nSPS) is 12.7. The lowest BCUT2D eigenvalue weighted by Gasteiger charge is -2.09. The van der Waals surface area contributed by atoms with Crippen LogP contribution >= 0.6 is 0 Å². The Balaban J connectivity index is 1.54. The minimum atomic E-state index is -0.307. The molecule has 0 aliphatic heterocycles. The Hall–Kier alpha value is -2.70. The van der Waals surface area contributed by atoms with Crippen molar-refractivity contribution >= 4 is 11.6 Å². The quantitative estimate of drug-likeness (QED) is 0.752. The molecule has 3 heterocycles. The molecule has 0 unspecified atom stereocenters. The number of hydrogen-bond acceptors (Lipinski definition) is 5. The molecule has 3 rings (SSSR count). The lowest BCUT2D eigenvalue weighted by atomic mass is 10.2. The van der Waals surface area contributed by atoms with Crippen molar-refractivity contribution in [3.8, 4) is 0 Å². The average molecular weight is 327 g/mol. The maximum absolute atomic E-state index is 12.1. The van der Waals surface area contributed by atoms with Gasteiger partial charge in [-0.05, 0) is 25.5 Å². The van der Waals surface area contributed by atoms with Crippen LogP contribution in [0, 0.1) is 0 Å². The highest BCUT2D eigenvalue weighted by Crippen LogP contribution is 2.16. The summed E-state index contributed by atoms with van der Waals surface area (Å²) in [6, 6.07) is 5.52. The number of amides is 1. The molecule has 0 fully saturated rings. The van der Waals surface area contributed by atoms with Crippen LogP contribution in [-0.4, -0.2) is 25.5 Å². The van der Waals surface area contributed by atoms with E-state index in [1.54, 1.807) is 0 Å². The smallest absolute Gasteiger partial charge is 0.238 e. The molecule has 1 atom stereocenters. The molecular weight excluding hydrogens is 306 g/mol. The van der Waals surface area contributed by atoms with Crippen LogP contribution in [0.5, 0.6) is 0 Å². The molecule has 0 radical (unpaired) electrons. The summed E-state index contributed by atoms with van der Waals surface area (Å²) in [5, 5.41) is 10.9. The standard InChI is InChI=1S/C17H21N5O2/c1-11(2)16-20-21-17(24-16)12(3)18-15(23)8-7-13-10-22-9-5-4-6-14(22)19-13/h4-6,9-12H,7-8H2,1-3H3,(H,18,23)/t12-/m0/s1. The summed E-state index contributed by atoms with van der Waals surface area (Å²) >= 11 is 0. The highest BCUT2D eigenvalue weighted by Gasteiger charge is 2.17. The predicted octanol–water partition coefficient (Wildman–Crippen LogP) is 2.65. The first kappa shape index (κ1) is 16.2. The second-order valence-electron chi connectivity index (χ2n) is 6.12. The molecule has 0 aliphatic rings. The number of carbonyl (C=O) groups is 1. The second-order valence-corrected chi connectivity index (χ2v) is 6.12. The number of pyridine rings is 1. The van der Waals surface area contributed by atoms with E-state index in [1.807, 2.05) is 55.8 Å². The van der Waals surface area contributed by atoms with Gasteiger partial charge in [0.2, 0.25) is 17.7 Å². The van der Waals surface area contributed by atoms with Gasteiger partial charge in [0.15, 0.2) is 0 Å². The van der Waals surface area contributed by atoms with E-state index in [1.165, 1.54) is 0 Å². The number of rotatable bonds is 6. The van der Waals surface area contributed by atoms with Crippen LogP contribution in [0.15, 0.2) is 35.0 Å². The summed E-state index contributed by atoms with van der Waals surface area (Å²) < 4.78 is 7.50. The van der Waals surface area contributed by atoms with Crippen molar-refractivity contribution in [2.75, 3.05) is 0 Å². The maximum Gasteiger partial charge on any atom is 0.238 e. The molecule has 1 N–H and O–H groups in total. The molecule has 0 aliphatic carbocycles. The largest absolute Gasteiger partial charge is 0.423 e. The van der Waals surface area contributed by atoms with E-state index in [9.17, 15) is 4.79 Å². The third kappa shape index (κ3) is 3.61. The molecule has 0 spiro atoms. The third-order valence-corrected chi connectivity index (χ3v) is 3.72. The number of carbonyl (C=O) groups excluding carboxylic acids is 1. The number of nitrogens with zero attached hydrogens (tertiary/aromatic N) is 4. The van der Waals surface area contributed by atoms with Crippen LogP contribution in [0.2, 0.25) is 0 Å². The zero-order valence-corrected chi connectivity index (χ0v) is 14.1. The average Bonchev–Trinajstić information content (AvgIpc) is 3.19. The van der Waals surface area contributed by atoms with E-state index in [4.69, 9.17) is 4.42 Å². The summed E-state index contributed by atoms with van der Waals surface area (Å²) in [6.07, 6.45) is 4.83. The van der Waals surface area contributed by atoms with E-state index in [-0.39, 0.29) is 17.9 Å². The fourth-order valence-corrected chi connectivity index (χ4v) is 2.38. The fourth-order valence-electron chi connectivity index (χ4n) is 2.38. The van der Waals surface area contributed by atoms with E-state index >= 15 is 0 Å². The molecule has 7 heteroatoms. The van der Waals surface area contributed by atoms with E-state index in [0.29, 0.717) is 24.6 Å². The molecule has 126 valence electrons. The van der Waals surface area contributed by atoms with Gasteiger partial charge in [0.25, 0.3) is 0 Å². The molecule has 3 aromatic heterocycles. The third-order valence-electron chi connectivity index (χ3n) is 3.72. The van der Waals surface area contributed by atoms with Crippen LogP contribution in [0.25, 0.3) is 5.65 Å². The highest BCUT2D eigenvalue weighted by molar-refractivity contribution is 5.76. The van der Waals surface area contributed by atoms with Gasteiger partial charge >= 0.3 is 0 Å². The first-order valence-electron chi connectivity index (χ1n) is 8.08. The van der Waals surface area contributed by atoms with E-state index in [0.717, 1.165) is 11.3 Å². The Labute approximate surface area is 140 Å². The molecule has 7 nitrogen and oxygen atoms in total. The first-order chi connectivity index (χ1) is 11.5. The lowest BCUT2D eigenvalue weighted by Crippen LogP contribution is -2.27. The van der Waals surface area contributed by atoms with Gasteiger partial charge in [0.05, 0.1) is 5.69 Å². The van der Waals surface area contributed by atoms with Gasteiger partial charge < -0.3 is 14.1 Å². The molecule has 0 saturated carbocycles. The number of hydrogen-bond donors (Lipinski definition) is 1. The van der Waals surface area contributed by atoms with Crippen LogP contribution in [-0.2, 0) is 11.2 Å². The second kappa shape index (κ2) is 6.82. The molecule has 0 bridgehead atoms. The number of aromatic nitrogens is 4. The first-order valence-corrected chi connectivity index (χ1v) is 8.08. The van der Waals surface area contributed by atoms with Crippen LogP contribution in [0.4, 0.5) is 0 Å². The van der Waals surface area contributed by atoms with Gasteiger partial charge in [-0.2, -0.15) is 0 Å². The lowest BCUT2D eigenvalue weighted by molar-refractivity contribution is -0.121. The van der Waals surface area contributed by atoms with Crippen molar-refractivity contribution in [1.82, 2.24) is 24.9 Å². The van der Waals surface area contributed by atoms with Gasteiger partial charge in [0, 0.05) is 24.7 Å². The fraction of sp³-hybridized carbons (Fsp3) is 0.412. The monoisotopic (exact) mass is 327 g/mol. The van der Waals surface area contributed by atoms with Gasteiger partial charge in [-0.25, -0.2) is 4.98 Å². The van der Waals surface area contributed by atoms with E-state index < -0.39 is 0 Å². The Morgan fingerprint density at radius 1 is 1.25 bits per heavy atom. The van der Waals surface area contributed by atoms with Crippen molar-refractivity contribution in [3.63, 3.8) is 0 Å². The highest BCUT2D eigenvalue weighted by atomic mass is 16.4. The molecule has 0 saturated heterocycles. The Morgan fingerprint density at radius 2 is 2.04 bits per heavy atom. The molecule has 24 heavy (non-hydrogen) atoms. The maximum atomic E-state index is 12.1. The molecule has 3 aromatic rings. The topological polar surface area (TPSA) is 85.3 Å². The number of aryl methyl sites for hydroxylation is 1. The van der Waals surface area contributed by atoms with Crippen molar-refractivity contribution in [2.45, 2.75) is 45.6 Å². The Morgan fingerprint density at radius 3 is 2.75 bits per heavy atom. The molecule has 0 aromatic carbocycles. The summed E-state index contributed by atoms with van der Waals surface area (Å²) in [6.45, 7) is 5.80. The number of nitrogens with one attached hydrogen (secondary N) is 1. The number of imidazole rings is 1. The van der Waals surface area contributed by atoms with Gasteiger partial charge in [-0.1, -0.05) is 19.9 Å². The van der Waals surface area contributed by atoms with Crippen LogP contribution in [0.3, 0.4) is 0 Å². The Kier molecular flexibility index (Phi) is 4.59. The van der Waals surface area contributed by atoms with Crippen LogP contribution < -0.4 is 5.32 Å². The zero-order chi connectivity index (χ0) is 17.1. The van der Waals surface area contributed by atoms with Crippen molar-refractivity contribution in [2.24, 2.45) is 0 Å². The van der Waals surface area contributed by atoms with Crippen molar-refractivity contribution < 1.29 is 9.21 Å². The molecule has 1 amide bonds. The van der Waals surface area contributed by atoms with E-state index in [2.05, 4.69) is 20.5 Å². The van der Waals surface area contributed by atoms with Crippen molar-refractivity contribution in [3.05, 3.63) is 48.1 Å². The molecular formula is C17H21N5O2. The Bertz CT molecular complexity index is 803. The van der Waals surface area contributed by atoms with Gasteiger partial charge in [-0.3, -0.25) is 4.79 Å². The minimum absolute atomic E-state index is 0.0659. The summed E-state index contributed by atoms with van der Waals surface area (Å²) in [7, 11) is 0.